The van der Waals surface area contributed by atoms with Crippen LogP contribution in [0.15, 0.2) is 59.5 Å². The Bertz CT molecular complexity index is 584. The molecule has 21 heavy (non-hydrogen) atoms. The molecule has 0 aliphatic rings. The van der Waals surface area contributed by atoms with Gasteiger partial charge in [-0.05, 0) is 30.2 Å². The highest BCUT2D eigenvalue weighted by atomic mass is 32.2. The summed E-state index contributed by atoms with van der Waals surface area (Å²) in [5, 5.41) is 9.38. The van der Waals surface area contributed by atoms with Crippen LogP contribution in [0.25, 0.3) is 0 Å². The largest absolute Gasteiger partial charge is 0.497 e. The molecular weight excluding hydrogens is 284 g/mol. The molecule has 0 fully saturated rings. The number of benzene rings is 2. The van der Waals surface area contributed by atoms with Gasteiger partial charge >= 0.3 is 5.97 Å². The molecule has 1 atom stereocenters. The molecule has 2 rings (SSSR count). The summed E-state index contributed by atoms with van der Waals surface area (Å²) < 4.78 is 5.18. The number of carboxylic acid groups (broad SMARTS) is 1. The number of ether oxygens (including phenoxy) is 1. The summed E-state index contributed by atoms with van der Waals surface area (Å²) in [6, 6.07) is 17.4. The molecule has 0 saturated heterocycles. The third-order valence-corrected chi connectivity index (χ3v) is 4.32. The van der Waals surface area contributed by atoms with Crippen molar-refractivity contribution in [2.45, 2.75) is 11.3 Å². The Balaban J connectivity index is 1.98. The Labute approximate surface area is 129 Å². The highest BCUT2D eigenvalue weighted by Gasteiger charge is 2.18. The zero-order valence-corrected chi connectivity index (χ0v) is 12.7. The second-order valence-corrected chi connectivity index (χ2v) is 5.81. The number of hydrogen-bond donors (Lipinski definition) is 1. The lowest BCUT2D eigenvalue weighted by Crippen LogP contribution is -2.19. The molecule has 0 aliphatic carbocycles. The normalized spacial score (nSPS) is 11.9. The zero-order valence-electron chi connectivity index (χ0n) is 11.9. The van der Waals surface area contributed by atoms with E-state index < -0.39 is 11.9 Å². The standard InChI is InChI=1S/C17H18O3S/c1-20-15-8-5-9-16(11-15)21-12-14(17(18)19)10-13-6-3-2-4-7-13/h2-9,11,14H,10,12H2,1H3,(H,18,19). The first-order chi connectivity index (χ1) is 10.2. The van der Waals surface area contributed by atoms with E-state index in [9.17, 15) is 9.90 Å². The van der Waals surface area contributed by atoms with E-state index in [1.807, 2.05) is 54.6 Å². The molecule has 0 aromatic heterocycles. The van der Waals surface area contributed by atoms with Crippen molar-refractivity contribution < 1.29 is 14.6 Å². The Hall–Kier alpha value is -1.94. The summed E-state index contributed by atoms with van der Waals surface area (Å²) in [5.41, 5.74) is 1.05. The molecule has 1 unspecified atom stereocenters. The third kappa shape index (κ3) is 4.83. The first-order valence-electron chi connectivity index (χ1n) is 6.72. The maximum absolute atomic E-state index is 11.4. The SMILES string of the molecule is COc1cccc(SCC(Cc2ccccc2)C(=O)O)c1. The van der Waals surface area contributed by atoms with Gasteiger partial charge in [0.05, 0.1) is 13.0 Å². The van der Waals surface area contributed by atoms with Crippen LogP contribution in [0.4, 0.5) is 0 Å². The van der Waals surface area contributed by atoms with Crippen molar-refractivity contribution >= 4 is 17.7 Å². The first kappa shape index (κ1) is 15.4. The van der Waals surface area contributed by atoms with Gasteiger partial charge < -0.3 is 9.84 Å². The van der Waals surface area contributed by atoms with Crippen LogP contribution in [0.5, 0.6) is 5.75 Å². The monoisotopic (exact) mass is 302 g/mol. The molecule has 2 aromatic carbocycles. The molecule has 3 nitrogen and oxygen atoms in total. The predicted octanol–water partition coefficient (Wildman–Crippen LogP) is 3.73. The Morgan fingerprint density at radius 2 is 1.95 bits per heavy atom. The summed E-state index contributed by atoms with van der Waals surface area (Å²) in [6.07, 6.45) is 0.549. The Morgan fingerprint density at radius 3 is 2.62 bits per heavy atom. The summed E-state index contributed by atoms with van der Waals surface area (Å²) in [5.74, 6) is 0.171. The van der Waals surface area contributed by atoms with Crippen LogP contribution in [-0.2, 0) is 11.2 Å². The van der Waals surface area contributed by atoms with Crippen LogP contribution in [0.3, 0.4) is 0 Å². The quantitative estimate of drug-likeness (QED) is 0.792. The van der Waals surface area contributed by atoms with Gasteiger partial charge in [0.15, 0.2) is 0 Å². The van der Waals surface area contributed by atoms with Gasteiger partial charge in [-0.15, -0.1) is 11.8 Å². The van der Waals surface area contributed by atoms with Crippen molar-refractivity contribution in [2.75, 3.05) is 12.9 Å². The number of carbonyl (C=O) groups is 1. The van der Waals surface area contributed by atoms with E-state index in [4.69, 9.17) is 4.74 Å². The lowest BCUT2D eigenvalue weighted by atomic mass is 10.0. The molecule has 0 aliphatic heterocycles. The van der Waals surface area contributed by atoms with Gasteiger partial charge in [0, 0.05) is 10.6 Å². The molecular formula is C17H18O3S. The lowest BCUT2D eigenvalue weighted by molar-refractivity contribution is -0.140. The summed E-state index contributed by atoms with van der Waals surface area (Å²) >= 11 is 1.54. The molecule has 0 heterocycles. The van der Waals surface area contributed by atoms with Gasteiger partial charge in [-0.2, -0.15) is 0 Å². The summed E-state index contributed by atoms with van der Waals surface area (Å²) in [4.78, 5) is 12.4. The molecule has 0 amide bonds. The van der Waals surface area contributed by atoms with Gasteiger partial charge in [-0.3, -0.25) is 4.79 Å². The number of methoxy groups -OCH3 is 1. The fourth-order valence-corrected chi connectivity index (χ4v) is 3.03. The fraction of sp³-hybridized carbons (Fsp3) is 0.235. The van der Waals surface area contributed by atoms with Crippen molar-refractivity contribution in [1.82, 2.24) is 0 Å². The van der Waals surface area contributed by atoms with Crippen LogP contribution in [0.1, 0.15) is 5.56 Å². The van der Waals surface area contributed by atoms with Crippen LogP contribution in [0, 0.1) is 5.92 Å². The third-order valence-electron chi connectivity index (χ3n) is 3.17. The Kier molecular flexibility index (Phi) is 5.69. The van der Waals surface area contributed by atoms with Crippen molar-refractivity contribution in [3.63, 3.8) is 0 Å². The maximum Gasteiger partial charge on any atom is 0.307 e. The predicted molar refractivity (Wildman–Crippen MR) is 85.0 cm³/mol. The van der Waals surface area contributed by atoms with Crippen LogP contribution in [-0.4, -0.2) is 23.9 Å². The van der Waals surface area contributed by atoms with Gasteiger partial charge in [0.1, 0.15) is 5.75 Å². The van der Waals surface area contributed by atoms with Gasteiger partial charge in [-0.25, -0.2) is 0 Å². The van der Waals surface area contributed by atoms with Crippen molar-refractivity contribution in [2.24, 2.45) is 5.92 Å². The van der Waals surface area contributed by atoms with Crippen molar-refractivity contribution in [3.05, 3.63) is 60.2 Å². The number of rotatable bonds is 7. The average Bonchev–Trinajstić information content (AvgIpc) is 2.52. The lowest BCUT2D eigenvalue weighted by Gasteiger charge is -2.12. The number of aliphatic carboxylic acids is 1. The molecule has 0 saturated carbocycles. The van der Waals surface area contributed by atoms with Crippen molar-refractivity contribution in [1.29, 1.82) is 0 Å². The molecule has 0 radical (unpaired) electrons. The number of hydrogen-bond acceptors (Lipinski definition) is 3. The van der Waals surface area contributed by atoms with E-state index in [1.54, 1.807) is 18.9 Å². The molecule has 0 spiro atoms. The van der Waals surface area contributed by atoms with Gasteiger partial charge in [-0.1, -0.05) is 36.4 Å². The molecule has 2 aromatic rings. The van der Waals surface area contributed by atoms with E-state index in [2.05, 4.69) is 0 Å². The van der Waals surface area contributed by atoms with E-state index in [0.29, 0.717) is 12.2 Å². The smallest absolute Gasteiger partial charge is 0.307 e. The van der Waals surface area contributed by atoms with E-state index >= 15 is 0 Å². The van der Waals surface area contributed by atoms with Gasteiger partial charge in [0.2, 0.25) is 0 Å². The van der Waals surface area contributed by atoms with Crippen molar-refractivity contribution in [3.8, 4) is 5.75 Å². The maximum atomic E-state index is 11.4. The second kappa shape index (κ2) is 7.74. The van der Waals surface area contributed by atoms with Crippen LogP contribution in [0.2, 0.25) is 0 Å². The molecule has 0 bridgehead atoms. The van der Waals surface area contributed by atoms with Crippen LogP contribution < -0.4 is 4.74 Å². The molecule has 110 valence electrons. The topological polar surface area (TPSA) is 46.5 Å². The highest BCUT2D eigenvalue weighted by Crippen LogP contribution is 2.26. The number of thioether (sulfide) groups is 1. The van der Waals surface area contributed by atoms with E-state index in [-0.39, 0.29) is 0 Å². The average molecular weight is 302 g/mol. The highest BCUT2D eigenvalue weighted by molar-refractivity contribution is 7.99. The minimum Gasteiger partial charge on any atom is -0.497 e. The zero-order chi connectivity index (χ0) is 15.1. The minimum atomic E-state index is -0.755. The van der Waals surface area contributed by atoms with Gasteiger partial charge in [0.25, 0.3) is 0 Å². The number of carboxylic acids is 1. The molecule has 1 N–H and O–H groups in total. The van der Waals surface area contributed by atoms with E-state index in [0.717, 1.165) is 16.2 Å². The summed E-state index contributed by atoms with van der Waals surface area (Å²) in [6.45, 7) is 0. The summed E-state index contributed by atoms with van der Waals surface area (Å²) in [7, 11) is 1.62. The first-order valence-corrected chi connectivity index (χ1v) is 7.71. The minimum absolute atomic E-state index is 0.399. The second-order valence-electron chi connectivity index (χ2n) is 4.71. The fourth-order valence-electron chi connectivity index (χ4n) is 2.00. The van der Waals surface area contributed by atoms with Crippen LogP contribution >= 0.6 is 11.8 Å². The molecule has 4 heteroatoms. The Morgan fingerprint density at radius 1 is 1.19 bits per heavy atom. The van der Waals surface area contributed by atoms with E-state index in [1.165, 1.54) is 0 Å².